The molecule has 3 nitrogen and oxygen atoms in total. The molecule has 0 radical (unpaired) electrons. The Hall–Kier alpha value is -3.04. The molecule has 47 heavy (non-hydrogen) atoms. The third kappa shape index (κ3) is 18.2. The van der Waals surface area contributed by atoms with Crippen molar-refractivity contribution >= 4 is 5.69 Å². The SMILES string of the molecule is C#Cc1ccc(C#Cc2ccc(N=NN(CC)CC)cc2CCCCCCCCCCCC)cc1CCCCCCCCCCCC. The van der Waals surface area contributed by atoms with Gasteiger partial charge in [0.05, 0.1) is 5.69 Å². The van der Waals surface area contributed by atoms with E-state index in [-0.39, 0.29) is 0 Å². The Balaban J connectivity index is 2.01. The molecule has 0 fully saturated rings. The van der Waals surface area contributed by atoms with Crippen LogP contribution in [-0.4, -0.2) is 18.1 Å². The minimum Gasteiger partial charge on any atom is -0.279 e. The van der Waals surface area contributed by atoms with Gasteiger partial charge in [-0.2, -0.15) is 0 Å². The zero-order valence-corrected chi connectivity index (χ0v) is 30.9. The standard InChI is InChI=1S/C44H67N3/c1-6-11-13-15-17-19-21-23-25-27-29-42-37-39(31-33-40(42)8-3)32-34-41-35-36-44(45-46-47(9-4)10-5)38-43(41)30-28-26-24-22-20-18-16-14-12-7-2/h3,31,33,35-38H,6-7,9-30H2,1-2,4-5H3. The topological polar surface area (TPSA) is 28.0 Å². The Kier molecular flexibility index (Phi) is 23.0. The van der Waals surface area contributed by atoms with E-state index in [0.29, 0.717) is 0 Å². The minimum absolute atomic E-state index is 0.856. The van der Waals surface area contributed by atoms with Crippen molar-refractivity contribution in [3.8, 4) is 24.2 Å². The summed E-state index contributed by atoms with van der Waals surface area (Å²) in [6.45, 7) is 10.5. The zero-order chi connectivity index (χ0) is 33.8. The highest BCUT2D eigenvalue weighted by Crippen LogP contribution is 2.22. The van der Waals surface area contributed by atoms with Crippen LogP contribution in [0, 0.1) is 24.2 Å². The van der Waals surface area contributed by atoms with E-state index in [1.54, 1.807) is 0 Å². The number of rotatable bonds is 26. The van der Waals surface area contributed by atoms with Crippen LogP contribution < -0.4 is 0 Å². The number of benzene rings is 2. The summed E-state index contributed by atoms with van der Waals surface area (Å²) in [4.78, 5) is 0. The molecule has 0 N–H and O–H groups in total. The van der Waals surface area contributed by atoms with Crippen molar-refractivity contribution in [1.82, 2.24) is 5.01 Å². The minimum atomic E-state index is 0.856. The van der Waals surface area contributed by atoms with Crippen molar-refractivity contribution in [3.05, 3.63) is 64.2 Å². The first kappa shape index (κ1) is 40.1. The van der Waals surface area contributed by atoms with Gasteiger partial charge in [0.15, 0.2) is 0 Å². The monoisotopic (exact) mass is 638 g/mol. The van der Waals surface area contributed by atoms with Crippen LogP contribution in [0.4, 0.5) is 5.69 Å². The molecule has 0 aliphatic carbocycles. The molecule has 2 aromatic carbocycles. The van der Waals surface area contributed by atoms with Crippen LogP contribution >= 0.6 is 0 Å². The summed E-state index contributed by atoms with van der Waals surface area (Å²) < 4.78 is 0. The van der Waals surface area contributed by atoms with Gasteiger partial charge < -0.3 is 0 Å². The second-order valence-electron chi connectivity index (χ2n) is 13.3. The van der Waals surface area contributed by atoms with E-state index in [1.165, 1.54) is 140 Å². The van der Waals surface area contributed by atoms with E-state index in [9.17, 15) is 0 Å². The summed E-state index contributed by atoms with van der Waals surface area (Å²) in [6, 6.07) is 12.8. The number of aryl methyl sites for hydroxylation is 2. The van der Waals surface area contributed by atoms with Crippen LogP contribution in [-0.2, 0) is 12.8 Å². The molecular weight excluding hydrogens is 571 g/mol. The normalized spacial score (nSPS) is 11.0. The fourth-order valence-corrected chi connectivity index (χ4v) is 6.20. The summed E-state index contributed by atoms with van der Waals surface area (Å²) in [7, 11) is 0. The van der Waals surface area contributed by atoms with Crippen LogP contribution in [0.3, 0.4) is 0 Å². The molecule has 0 saturated carbocycles. The maximum Gasteiger partial charge on any atom is 0.0877 e. The molecule has 0 saturated heterocycles. The van der Waals surface area contributed by atoms with Crippen molar-refractivity contribution in [1.29, 1.82) is 0 Å². The summed E-state index contributed by atoms with van der Waals surface area (Å²) in [5.74, 6) is 9.90. The Morgan fingerprint density at radius 1 is 0.532 bits per heavy atom. The van der Waals surface area contributed by atoms with Crippen LogP contribution in [0.5, 0.6) is 0 Å². The molecule has 0 spiro atoms. The van der Waals surface area contributed by atoms with Gasteiger partial charge in [-0.25, -0.2) is 0 Å². The lowest BCUT2D eigenvalue weighted by molar-refractivity contribution is 0.300. The first-order valence-corrected chi connectivity index (χ1v) is 19.6. The van der Waals surface area contributed by atoms with Gasteiger partial charge in [-0.15, -0.1) is 11.5 Å². The first-order valence-electron chi connectivity index (χ1n) is 19.6. The lowest BCUT2D eigenvalue weighted by atomic mass is 9.97. The molecule has 258 valence electrons. The largest absolute Gasteiger partial charge is 0.279 e. The van der Waals surface area contributed by atoms with Crippen LogP contribution in [0.2, 0.25) is 0 Å². The molecule has 0 heterocycles. The summed E-state index contributed by atoms with van der Waals surface area (Å²) in [5.41, 5.74) is 6.59. The van der Waals surface area contributed by atoms with Gasteiger partial charge in [0.2, 0.25) is 0 Å². The Morgan fingerprint density at radius 3 is 1.49 bits per heavy atom. The smallest absolute Gasteiger partial charge is 0.0877 e. The molecule has 2 rings (SSSR count). The number of terminal acetylenes is 1. The van der Waals surface area contributed by atoms with Crippen LogP contribution in [0.1, 0.15) is 184 Å². The number of unbranched alkanes of at least 4 members (excludes halogenated alkanes) is 18. The second-order valence-corrected chi connectivity index (χ2v) is 13.3. The van der Waals surface area contributed by atoms with Gasteiger partial charge in [-0.1, -0.05) is 152 Å². The van der Waals surface area contributed by atoms with Crippen molar-refractivity contribution in [2.75, 3.05) is 13.1 Å². The van der Waals surface area contributed by atoms with Crippen LogP contribution in [0.15, 0.2) is 46.7 Å². The Labute approximate surface area is 290 Å². The molecule has 0 amide bonds. The zero-order valence-electron chi connectivity index (χ0n) is 30.9. The van der Waals surface area contributed by atoms with Gasteiger partial charge in [-0.3, -0.25) is 5.01 Å². The fraction of sp³-hybridized carbons (Fsp3) is 0.636. The molecule has 3 heteroatoms. The van der Waals surface area contributed by atoms with Gasteiger partial charge >= 0.3 is 0 Å². The maximum atomic E-state index is 5.88. The second kappa shape index (κ2) is 27.0. The predicted molar refractivity (Wildman–Crippen MR) is 205 cm³/mol. The van der Waals surface area contributed by atoms with Crippen molar-refractivity contribution < 1.29 is 0 Å². The quantitative estimate of drug-likeness (QED) is 0.0436. The van der Waals surface area contributed by atoms with E-state index < -0.39 is 0 Å². The molecule has 0 aromatic heterocycles. The average Bonchev–Trinajstić information content (AvgIpc) is 3.10. The molecule has 0 bridgehead atoms. The third-order valence-corrected chi connectivity index (χ3v) is 9.31. The highest BCUT2D eigenvalue weighted by Gasteiger charge is 2.06. The number of hydrogen-bond acceptors (Lipinski definition) is 2. The summed E-state index contributed by atoms with van der Waals surface area (Å²) in [6.07, 6.45) is 34.8. The summed E-state index contributed by atoms with van der Waals surface area (Å²) >= 11 is 0. The molecule has 0 aliphatic heterocycles. The average molecular weight is 638 g/mol. The highest BCUT2D eigenvalue weighted by atomic mass is 15.5. The first-order chi connectivity index (χ1) is 23.1. The van der Waals surface area contributed by atoms with Crippen molar-refractivity contribution in [2.45, 2.75) is 169 Å². The maximum absolute atomic E-state index is 5.88. The molecule has 2 aromatic rings. The Bertz CT molecular complexity index is 1220. The molecule has 0 aliphatic rings. The van der Waals surface area contributed by atoms with E-state index in [4.69, 9.17) is 6.42 Å². The van der Waals surface area contributed by atoms with Gasteiger partial charge in [-0.05, 0) is 87.1 Å². The van der Waals surface area contributed by atoms with Gasteiger partial charge in [0.1, 0.15) is 0 Å². The van der Waals surface area contributed by atoms with E-state index in [0.717, 1.165) is 48.3 Å². The molecule has 0 unspecified atom stereocenters. The number of hydrogen-bond donors (Lipinski definition) is 0. The lowest BCUT2D eigenvalue weighted by Gasteiger charge is -2.11. The molecular formula is C44H67N3. The van der Waals surface area contributed by atoms with Crippen molar-refractivity contribution in [2.24, 2.45) is 10.3 Å². The van der Waals surface area contributed by atoms with Crippen LogP contribution in [0.25, 0.3) is 0 Å². The third-order valence-electron chi connectivity index (χ3n) is 9.31. The Morgan fingerprint density at radius 2 is 1.00 bits per heavy atom. The van der Waals surface area contributed by atoms with Crippen molar-refractivity contribution in [3.63, 3.8) is 0 Å². The number of nitrogens with zero attached hydrogens (tertiary/aromatic N) is 3. The summed E-state index contributed by atoms with van der Waals surface area (Å²) in [5, 5.41) is 11.0. The van der Waals surface area contributed by atoms with E-state index >= 15 is 0 Å². The van der Waals surface area contributed by atoms with Gasteiger partial charge in [0, 0.05) is 29.8 Å². The fourth-order valence-electron chi connectivity index (χ4n) is 6.20. The highest BCUT2D eigenvalue weighted by molar-refractivity contribution is 5.54. The van der Waals surface area contributed by atoms with E-state index in [1.807, 2.05) is 5.01 Å². The van der Waals surface area contributed by atoms with Gasteiger partial charge in [0.25, 0.3) is 0 Å². The van der Waals surface area contributed by atoms with E-state index in [2.05, 4.69) is 92.2 Å². The predicted octanol–water partition coefficient (Wildman–Crippen LogP) is 13.3. The molecule has 0 atom stereocenters. The lowest BCUT2D eigenvalue weighted by Crippen LogP contribution is -2.14.